The van der Waals surface area contributed by atoms with Crippen molar-refractivity contribution in [2.75, 3.05) is 19.6 Å². The van der Waals surface area contributed by atoms with E-state index in [0.29, 0.717) is 0 Å². The van der Waals surface area contributed by atoms with E-state index in [0.717, 1.165) is 12.3 Å². The molecule has 0 aromatic heterocycles. The fraction of sp³-hybridized carbons (Fsp3) is 0.625. The highest BCUT2D eigenvalue weighted by molar-refractivity contribution is 5.29. The molecule has 1 aromatic rings. The fourth-order valence-corrected chi connectivity index (χ4v) is 2.59. The average Bonchev–Trinajstić information content (AvgIpc) is 2.40. The second-order valence-corrected chi connectivity index (χ2v) is 5.70. The topological polar surface area (TPSA) is 38.5 Å². The van der Waals surface area contributed by atoms with Gasteiger partial charge in [-0.25, -0.2) is 0 Å². The summed E-state index contributed by atoms with van der Waals surface area (Å²) in [5.41, 5.74) is 7.49. The van der Waals surface area contributed by atoms with Crippen molar-refractivity contribution in [3.63, 3.8) is 0 Å². The molecule has 0 spiro atoms. The molecule has 1 aromatic carbocycles. The molecule has 0 bridgehead atoms. The third kappa shape index (κ3) is 4.51. The van der Waals surface area contributed by atoms with E-state index < -0.39 is 0 Å². The molecular weight excluding hydrogens is 236 g/mol. The van der Waals surface area contributed by atoms with Crippen molar-refractivity contribution < 1.29 is 4.74 Å². The molecule has 1 heterocycles. The first-order chi connectivity index (χ1) is 9.15. The molecule has 106 valence electrons. The van der Waals surface area contributed by atoms with Crippen LogP contribution in [0.5, 0.6) is 5.75 Å². The summed E-state index contributed by atoms with van der Waals surface area (Å²) in [6.45, 7) is 7.43. The van der Waals surface area contributed by atoms with E-state index in [1.807, 2.05) is 26.0 Å². The number of likely N-dealkylation sites (tertiary alicyclic amines) is 1. The van der Waals surface area contributed by atoms with Crippen LogP contribution in [-0.4, -0.2) is 30.6 Å². The van der Waals surface area contributed by atoms with E-state index in [2.05, 4.69) is 17.0 Å². The molecule has 1 aliphatic rings. The summed E-state index contributed by atoms with van der Waals surface area (Å²) in [7, 11) is 0. The van der Waals surface area contributed by atoms with Crippen LogP contribution in [0, 0.1) is 0 Å². The highest BCUT2D eigenvalue weighted by Crippen LogP contribution is 2.19. The van der Waals surface area contributed by atoms with E-state index in [-0.39, 0.29) is 12.1 Å². The van der Waals surface area contributed by atoms with E-state index in [1.165, 1.54) is 37.9 Å². The lowest BCUT2D eigenvalue weighted by Crippen LogP contribution is -2.36. The molecule has 0 radical (unpaired) electrons. The smallest absolute Gasteiger partial charge is 0.119 e. The second kappa shape index (κ2) is 6.92. The van der Waals surface area contributed by atoms with Crippen LogP contribution in [0.4, 0.5) is 0 Å². The second-order valence-electron chi connectivity index (χ2n) is 5.70. The van der Waals surface area contributed by atoms with Crippen LogP contribution in [0.25, 0.3) is 0 Å². The van der Waals surface area contributed by atoms with Crippen LogP contribution < -0.4 is 10.5 Å². The minimum atomic E-state index is 0.103. The molecule has 2 rings (SSSR count). The van der Waals surface area contributed by atoms with E-state index in [9.17, 15) is 0 Å². The van der Waals surface area contributed by atoms with Gasteiger partial charge < -0.3 is 15.4 Å². The van der Waals surface area contributed by atoms with Crippen LogP contribution in [0.1, 0.15) is 44.7 Å². The SMILES string of the molecule is CC(C)Oc1ccc(C(N)CN2CCCCC2)cc1. The average molecular weight is 262 g/mol. The van der Waals surface area contributed by atoms with Crippen molar-refractivity contribution in [3.05, 3.63) is 29.8 Å². The Balaban J connectivity index is 1.89. The maximum Gasteiger partial charge on any atom is 0.119 e. The largest absolute Gasteiger partial charge is 0.491 e. The zero-order valence-electron chi connectivity index (χ0n) is 12.1. The number of rotatable bonds is 5. The molecule has 1 unspecified atom stereocenters. The number of ether oxygens (including phenoxy) is 1. The van der Waals surface area contributed by atoms with Crippen LogP contribution in [0.2, 0.25) is 0 Å². The maximum absolute atomic E-state index is 6.29. The molecule has 3 heteroatoms. The van der Waals surface area contributed by atoms with Gasteiger partial charge >= 0.3 is 0 Å². The molecule has 0 amide bonds. The molecular formula is C16H26N2O. The number of piperidine rings is 1. The lowest BCUT2D eigenvalue weighted by Gasteiger charge is -2.29. The third-order valence-corrected chi connectivity index (χ3v) is 3.58. The highest BCUT2D eigenvalue weighted by atomic mass is 16.5. The Morgan fingerprint density at radius 2 is 1.74 bits per heavy atom. The maximum atomic E-state index is 6.29. The Kier molecular flexibility index (Phi) is 5.23. The third-order valence-electron chi connectivity index (χ3n) is 3.58. The number of hydrogen-bond donors (Lipinski definition) is 1. The van der Waals surface area contributed by atoms with Crippen molar-refractivity contribution in [1.29, 1.82) is 0 Å². The number of benzene rings is 1. The lowest BCUT2D eigenvalue weighted by molar-refractivity contribution is 0.216. The highest BCUT2D eigenvalue weighted by Gasteiger charge is 2.14. The van der Waals surface area contributed by atoms with Crippen molar-refractivity contribution in [2.45, 2.75) is 45.3 Å². The Bertz CT molecular complexity index is 369. The first kappa shape index (κ1) is 14.4. The molecule has 0 saturated carbocycles. The Hall–Kier alpha value is -1.06. The van der Waals surface area contributed by atoms with Crippen molar-refractivity contribution >= 4 is 0 Å². The van der Waals surface area contributed by atoms with Gasteiger partial charge in [-0.3, -0.25) is 0 Å². The normalized spacial score (nSPS) is 18.5. The number of nitrogens with zero attached hydrogens (tertiary/aromatic N) is 1. The first-order valence-electron chi connectivity index (χ1n) is 7.39. The predicted molar refractivity (Wildman–Crippen MR) is 79.4 cm³/mol. The Morgan fingerprint density at radius 3 is 2.32 bits per heavy atom. The zero-order chi connectivity index (χ0) is 13.7. The monoisotopic (exact) mass is 262 g/mol. The van der Waals surface area contributed by atoms with Gasteiger partial charge in [-0.1, -0.05) is 18.6 Å². The van der Waals surface area contributed by atoms with Gasteiger partial charge in [0.15, 0.2) is 0 Å². The number of hydrogen-bond acceptors (Lipinski definition) is 3. The van der Waals surface area contributed by atoms with Crippen LogP contribution in [-0.2, 0) is 0 Å². The zero-order valence-corrected chi connectivity index (χ0v) is 12.1. The first-order valence-corrected chi connectivity index (χ1v) is 7.39. The number of nitrogens with two attached hydrogens (primary N) is 1. The fourth-order valence-electron chi connectivity index (χ4n) is 2.59. The molecule has 3 nitrogen and oxygen atoms in total. The molecule has 0 aliphatic carbocycles. The predicted octanol–water partition coefficient (Wildman–Crippen LogP) is 2.96. The van der Waals surface area contributed by atoms with Gasteiger partial charge in [0.05, 0.1) is 6.10 Å². The standard InChI is InChI=1S/C16H26N2O/c1-13(2)19-15-8-6-14(7-9-15)16(17)12-18-10-4-3-5-11-18/h6-9,13,16H,3-5,10-12,17H2,1-2H3. The quantitative estimate of drug-likeness (QED) is 0.886. The van der Waals surface area contributed by atoms with Gasteiger partial charge in [0.25, 0.3) is 0 Å². The summed E-state index contributed by atoms with van der Waals surface area (Å²) in [5.74, 6) is 0.920. The van der Waals surface area contributed by atoms with Gasteiger partial charge in [-0.15, -0.1) is 0 Å². The van der Waals surface area contributed by atoms with Crippen LogP contribution in [0.15, 0.2) is 24.3 Å². The Morgan fingerprint density at radius 1 is 1.11 bits per heavy atom. The summed E-state index contributed by atoms with van der Waals surface area (Å²) >= 11 is 0. The lowest BCUT2D eigenvalue weighted by atomic mass is 10.1. The van der Waals surface area contributed by atoms with E-state index in [4.69, 9.17) is 10.5 Å². The van der Waals surface area contributed by atoms with E-state index in [1.54, 1.807) is 0 Å². The summed E-state index contributed by atoms with van der Waals surface area (Å²) in [6.07, 6.45) is 4.21. The Labute approximate surface area is 116 Å². The van der Waals surface area contributed by atoms with E-state index >= 15 is 0 Å². The van der Waals surface area contributed by atoms with Crippen LogP contribution >= 0.6 is 0 Å². The molecule has 1 saturated heterocycles. The minimum absolute atomic E-state index is 0.103. The van der Waals surface area contributed by atoms with Crippen LogP contribution in [0.3, 0.4) is 0 Å². The van der Waals surface area contributed by atoms with Gasteiger partial charge in [-0.05, 0) is 57.5 Å². The molecule has 19 heavy (non-hydrogen) atoms. The van der Waals surface area contributed by atoms with Gasteiger partial charge in [0, 0.05) is 12.6 Å². The molecule has 1 atom stereocenters. The van der Waals surface area contributed by atoms with Crippen molar-refractivity contribution in [2.24, 2.45) is 5.73 Å². The molecule has 1 fully saturated rings. The summed E-state index contributed by atoms with van der Waals surface area (Å²) in [4.78, 5) is 2.48. The van der Waals surface area contributed by atoms with Crippen molar-refractivity contribution in [1.82, 2.24) is 4.90 Å². The molecule has 2 N–H and O–H groups in total. The summed E-state index contributed by atoms with van der Waals surface area (Å²) in [6, 6.07) is 8.32. The minimum Gasteiger partial charge on any atom is -0.491 e. The van der Waals surface area contributed by atoms with Gasteiger partial charge in [0.1, 0.15) is 5.75 Å². The summed E-state index contributed by atoms with van der Waals surface area (Å²) < 4.78 is 5.65. The summed E-state index contributed by atoms with van der Waals surface area (Å²) in [5, 5.41) is 0. The molecule has 1 aliphatic heterocycles. The van der Waals surface area contributed by atoms with Crippen molar-refractivity contribution in [3.8, 4) is 5.75 Å². The van der Waals surface area contributed by atoms with Gasteiger partial charge in [-0.2, -0.15) is 0 Å². The van der Waals surface area contributed by atoms with Gasteiger partial charge in [0.2, 0.25) is 0 Å².